The molecule has 0 saturated heterocycles. The molecule has 1 aliphatic rings. The second-order valence-electron chi connectivity index (χ2n) is 6.97. The van der Waals surface area contributed by atoms with Gasteiger partial charge in [-0.2, -0.15) is 0 Å². The number of fused-ring (bicyclic) bond motifs is 1. The highest BCUT2D eigenvalue weighted by Gasteiger charge is 2.29. The number of hydrogen-bond donors (Lipinski definition) is 1. The van der Waals surface area contributed by atoms with Crippen LogP contribution in [0.3, 0.4) is 0 Å². The van der Waals surface area contributed by atoms with Crippen LogP contribution in [0.5, 0.6) is 11.5 Å². The Labute approximate surface area is 167 Å². The predicted octanol–water partition coefficient (Wildman–Crippen LogP) is 2.91. The van der Waals surface area contributed by atoms with Gasteiger partial charge in [-0.3, -0.25) is 4.90 Å². The molecule has 2 aromatic rings. The Morgan fingerprint density at radius 3 is 2.36 bits per heavy atom. The van der Waals surface area contributed by atoms with Gasteiger partial charge >= 0.3 is 0 Å². The van der Waals surface area contributed by atoms with Gasteiger partial charge in [-0.1, -0.05) is 24.6 Å². The SMILES string of the molecule is CCN1CCc2cc(OC)c(OC)cc2[C@H]1CNS(=O)(=O)c1ccc(C)cc1. The van der Waals surface area contributed by atoms with E-state index in [0.717, 1.165) is 30.6 Å². The molecule has 0 aromatic heterocycles. The Balaban J connectivity index is 1.89. The molecule has 0 fully saturated rings. The van der Waals surface area contributed by atoms with Crippen molar-refractivity contribution in [3.05, 3.63) is 53.1 Å². The third kappa shape index (κ3) is 4.16. The number of ether oxygens (including phenoxy) is 2. The predicted molar refractivity (Wildman–Crippen MR) is 110 cm³/mol. The maximum Gasteiger partial charge on any atom is 0.240 e. The van der Waals surface area contributed by atoms with Crippen molar-refractivity contribution in [1.29, 1.82) is 0 Å². The topological polar surface area (TPSA) is 67.9 Å². The van der Waals surface area contributed by atoms with Crippen molar-refractivity contribution in [2.45, 2.75) is 31.2 Å². The molecule has 2 aromatic carbocycles. The summed E-state index contributed by atoms with van der Waals surface area (Å²) in [5.74, 6) is 1.36. The van der Waals surface area contributed by atoms with E-state index in [1.165, 1.54) is 5.56 Å². The molecule has 1 atom stereocenters. The molecule has 1 heterocycles. The van der Waals surface area contributed by atoms with Gasteiger partial charge in [0.15, 0.2) is 11.5 Å². The number of likely N-dealkylation sites (N-methyl/N-ethyl adjacent to an activating group) is 1. The van der Waals surface area contributed by atoms with Crippen LogP contribution in [0.25, 0.3) is 0 Å². The number of sulfonamides is 1. The zero-order valence-electron chi connectivity index (χ0n) is 16.9. The summed E-state index contributed by atoms with van der Waals surface area (Å²) >= 11 is 0. The number of aryl methyl sites for hydroxylation is 1. The van der Waals surface area contributed by atoms with Gasteiger partial charge in [0, 0.05) is 19.1 Å². The Hall–Kier alpha value is -2.09. The Morgan fingerprint density at radius 2 is 1.75 bits per heavy atom. The van der Waals surface area contributed by atoms with E-state index in [1.807, 2.05) is 19.1 Å². The van der Waals surface area contributed by atoms with Crippen LogP contribution in [0.1, 0.15) is 29.7 Å². The monoisotopic (exact) mass is 404 g/mol. The molecule has 28 heavy (non-hydrogen) atoms. The lowest BCUT2D eigenvalue weighted by molar-refractivity contribution is 0.195. The molecular formula is C21H28N2O4S. The van der Waals surface area contributed by atoms with E-state index in [1.54, 1.807) is 38.5 Å². The molecule has 0 aliphatic carbocycles. The first-order valence-electron chi connectivity index (χ1n) is 9.44. The lowest BCUT2D eigenvalue weighted by Crippen LogP contribution is -2.42. The van der Waals surface area contributed by atoms with Gasteiger partial charge in [0.05, 0.1) is 19.1 Å². The molecule has 7 heteroatoms. The number of methoxy groups -OCH3 is 2. The first kappa shape index (κ1) is 20.6. The summed E-state index contributed by atoms with van der Waals surface area (Å²) in [5.41, 5.74) is 3.28. The average Bonchev–Trinajstić information content (AvgIpc) is 2.71. The lowest BCUT2D eigenvalue weighted by atomic mass is 9.92. The van der Waals surface area contributed by atoms with E-state index >= 15 is 0 Å². The minimum Gasteiger partial charge on any atom is -0.493 e. The van der Waals surface area contributed by atoms with Crippen molar-refractivity contribution in [2.75, 3.05) is 33.9 Å². The van der Waals surface area contributed by atoms with Crippen LogP contribution >= 0.6 is 0 Å². The average molecular weight is 405 g/mol. The van der Waals surface area contributed by atoms with E-state index in [-0.39, 0.29) is 10.9 Å². The highest BCUT2D eigenvalue weighted by atomic mass is 32.2. The van der Waals surface area contributed by atoms with Crippen molar-refractivity contribution in [1.82, 2.24) is 9.62 Å². The number of hydrogen-bond acceptors (Lipinski definition) is 5. The highest BCUT2D eigenvalue weighted by molar-refractivity contribution is 7.89. The summed E-state index contributed by atoms with van der Waals surface area (Å²) in [6.45, 7) is 6.03. The fourth-order valence-electron chi connectivity index (χ4n) is 3.69. The van der Waals surface area contributed by atoms with Crippen molar-refractivity contribution in [3.63, 3.8) is 0 Å². The van der Waals surface area contributed by atoms with Gasteiger partial charge in [-0.25, -0.2) is 13.1 Å². The molecule has 152 valence electrons. The van der Waals surface area contributed by atoms with Gasteiger partial charge in [0.25, 0.3) is 0 Å². The molecule has 0 bridgehead atoms. The molecule has 0 radical (unpaired) electrons. The maximum atomic E-state index is 12.7. The van der Waals surface area contributed by atoms with Crippen LogP contribution in [-0.4, -0.2) is 47.2 Å². The minimum atomic E-state index is -3.57. The van der Waals surface area contributed by atoms with Gasteiger partial charge in [-0.15, -0.1) is 0 Å². The number of nitrogens with zero attached hydrogens (tertiary/aromatic N) is 1. The molecule has 0 spiro atoms. The van der Waals surface area contributed by atoms with Crippen molar-refractivity contribution in [3.8, 4) is 11.5 Å². The fraction of sp³-hybridized carbons (Fsp3) is 0.429. The summed E-state index contributed by atoms with van der Waals surface area (Å²) in [4.78, 5) is 2.57. The highest BCUT2D eigenvalue weighted by Crippen LogP contribution is 2.37. The normalized spacial score (nSPS) is 17.2. The lowest BCUT2D eigenvalue weighted by Gasteiger charge is -2.37. The molecular weight excluding hydrogens is 376 g/mol. The van der Waals surface area contributed by atoms with Crippen LogP contribution < -0.4 is 14.2 Å². The van der Waals surface area contributed by atoms with Crippen LogP contribution in [-0.2, 0) is 16.4 Å². The molecule has 0 saturated carbocycles. The molecule has 6 nitrogen and oxygen atoms in total. The third-order valence-corrected chi connectivity index (χ3v) is 6.76. The summed E-state index contributed by atoms with van der Waals surface area (Å²) < 4.78 is 39.2. The van der Waals surface area contributed by atoms with Gasteiger partial charge in [0.2, 0.25) is 10.0 Å². The number of benzene rings is 2. The molecule has 1 N–H and O–H groups in total. The fourth-order valence-corrected chi connectivity index (χ4v) is 4.73. The first-order valence-corrected chi connectivity index (χ1v) is 10.9. The minimum absolute atomic E-state index is 0.0613. The molecule has 1 aliphatic heterocycles. The Kier molecular flexibility index (Phi) is 6.27. The summed E-state index contributed by atoms with van der Waals surface area (Å²) in [7, 11) is -0.337. The zero-order chi connectivity index (χ0) is 20.3. The largest absolute Gasteiger partial charge is 0.493 e. The second kappa shape index (κ2) is 8.51. The van der Waals surface area contributed by atoms with Gasteiger partial charge in [-0.05, 0) is 55.3 Å². The molecule has 0 amide bonds. The van der Waals surface area contributed by atoms with Crippen LogP contribution in [0.4, 0.5) is 0 Å². The standard InChI is InChI=1S/C21H28N2O4S/c1-5-23-11-10-16-12-20(26-3)21(27-4)13-18(16)19(23)14-22-28(24,25)17-8-6-15(2)7-9-17/h6-9,12-13,19,22H,5,10-11,14H2,1-4H3/t19-/m1/s1. The first-order chi connectivity index (χ1) is 13.4. The number of nitrogens with one attached hydrogen (secondary N) is 1. The summed E-state index contributed by atoms with van der Waals surface area (Å²) in [6.07, 6.45) is 0.894. The smallest absolute Gasteiger partial charge is 0.240 e. The third-order valence-electron chi connectivity index (χ3n) is 5.32. The van der Waals surface area contributed by atoms with Crippen LogP contribution in [0.15, 0.2) is 41.3 Å². The van der Waals surface area contributed by atoms with Crippen molar-refractivity contribution >= 4 is 10.0 Å². The van der Waals surface area contributed by atoms with E-state index < -0.39 is 10.0 Å². The Morgan fingerprint density at radius 1 is 1.11 bits per heavy atom. The van der Waals surface area contributed by atoms with Gasteiger partial charge in [0.1, 0.15) is 0 Å². The zero-order valence-corrected chi connectivity index (χ0v) is 17.7. The van der Waals surface area contributed by atoms with E-state index in [0.29, 0.717) is 18.0 Å². The number of rotatable bonds is 7. The second-order valence-corrected chi connectivity index (χ2v) is 8.73. The van der Waals surface area contributed by atoms with E-state index in [4.69, 9.17) is 9.47 Å². The maximum absolute atomic E-state index is 12.7. The van der Waals surface area contributed by atoms with E-state index in [2.05, 4.69) is 16.5 Å². The van der Waals surface area contributed by atoms with Crippen LogP contribution in [0, 0.1) is 6.92 Å². The molecule has 3 rings (SSSR count). The molecule has 0 unspecified atom stereocenters. The van der Waals surface area contributed by atoms with Crippen molar-refractivity contribution < 1.29 is 17.9 Å². The van der Waals surface area contributed by atoms with E-state index in [9.17, 15) is 8.42 Å². The van der Waals surface area contributed by atoms with Crippen molar-refractivity contribution in [2.24, 2.45) is 0 Å². The summed E-state index contributed by atoms with van der Waals surface area (Å²) in [6, 6.07) is 10.8. The van der Waals surface area contributed by atoms with Crippen LogP contribution in [0.2, 0.25) is 0 Å². The summed E-state index contributed by atoms with van der Waals surface area (Å²) in [5, 5.41) is 0. The Bertz CT molecular complexity index is 926. The van der Waals surface area contributed by atoms with Gasteiger partial charge < -0.3 is 9.47 Å². The quantitative estimate of drug-likeness (QED) is 0.769.